The van der Waals surface area contributed by atoms with Crippen molar-refractivity contribution < 1.29 is 27.1 Å². The Morgan fingerprint density at radius 3 is 2.39 bits per heavy atom. The fraction of sp³-hybridized carbons (Fsp3) is 0.250. The van der Waals surface area contributed by atoms with Crippen LogP contribution in [0.4, 0.5) is 4.39 Å². The molecule has 0 N–H and O–H groups in total. The minimum Gasteiger partial charge on any atom is -0.451 e. The standard InChI is InChI=1S/C20H18FN5O5S2/c21-14-2-4-15(5-3-14)33(29,30)26-10-8-25(9-11-26)17(27)12-31-20(28)16-13-32-19(24-16)18-22-6-1-7-23-18/h1-7,13H,8-12H2. The van der Waals surface area contributed by atoms with Crippen molar-refractivity contribution in [2.45, 2.75) is 4.90 Å². The number of sulfonamides is 1. The number of hydrogen-bond donors (Lipinski definition) is 0. The lowest BCUT2D eigenvalue weighted by molar-refractivity contribution is -0.135. The van der Waals surface area contributed by atoms with Gasteiger partial charge >= 0.3 is 5.97 Å². The van der Waals surface area contributed by atoms with Crippen molar-refractivity contribution in [3.63, 3.8) is 0 Å². The van der Waals surface area contributed by atoms with Crippen LogP contribution < -0.4 is 0 Å². The number of carbonyl (C=O) groups is 2. The van der Waals surface area contributed by atoms with Crippen LogP contribution in [-0.2, 0) is 19.6 Å². The number of hydrogen-bond acceptors (Lipinski definition) is 9. The highest BCUT2D eigenvalue weighted by molar-refractivity contribution is 7.89. The highest BCUT2D eigenvalue weighted by Crippen LogP contribution is 2.20. The number of benzene rings is 1. The molecule has 0 atom stereocenters. The molecule has 1 saturated heterocycles. The fourth-order valence-electron chi connectivity index (χ4n) is 3.11. The number of nitrogens with zero attached hydrogens (tertiary/aromatic N) is 5. The molecular formula is C20H18FN5O5S2. The van der Waals surface area contributed by atoms with Crippen LogP contribution >= 0.6 is 11.3 Å². The molecule has 13 heteroatoms. The third-order valence-corrected chi connectivity index (χ3v) is 7.59. The van der Waals surface area contributed by atoms with Crippen molar-refractivity contribution in [1.82, 2.24) is 24.2 Å². The SMILES string of the molecule is O=C(OCC(=O)N1CCN(S(=O)(=O)c2ccc(F)cc2)CC1)c1csc(-c2ncccn2)n1. The van der Waals surface area contributed by atoms with Gasteiger partial charge in [-0.3, -0.25) is 4.79 Å². The topological polar surface area (TPSA) is 123 Å². The van der Waals surface area contributed by atoms with E-state index in [-0.39, 0.29) is 36.8 Å². The Bertz CT molecular complexity index is 1240. The van der Waals surface area contributed by atoms with E-state index >= 15 is 0 Å². The third-order valence-electron chi connectivity index (χ3n) is 4.84. The van der Waals surface area contributed by atoms with E-state index in [4.69, 9.17) is 4.74 Å². The molecule has 0 saturated carbocycles. The van der Waals surface area contributed by atoms with Crippen molar-refractivity contribution >= 4 is 33.2 Å². The van der Waals surface area contributed by atoms with Crippen LogP contribution in [0.2, 0.25) is 0 Å². The van der Waals surface area contributed by atoms with Gasteiger partial charge in [-0.25, -0.2) is 32.6 Å². The third kappa shape index (κ3) is 5.21. The molecule has 3 heterocycles. The number of esters is 1. The summed E-state index contributed by atoms with van der Waals surface area (Å²) < 4.78 is 44.7. The smallest absolute Gasteiger partial charge is 0.358 e. The maximum Gasteiger partial charge on any atom is 0.358 e. The minimum absolute atomic E-state index is 0.0128. The molecule has 1 amide bonds. The first-order chi connectivity index (χ1) is 15.8. The van der Waals surface area contributed by atoms with Gasteiger partial charge < -0.3 is 9.64 Å². The molecule has 172 valence electrons. The quantitative estimate of drug-likeness (QED) is 0.475. The Labute approximate surface area is 192 Å². The number of thiazole rings is 1. The van der Waals surface area contributed by atoms with Crippen molar-refractivity contribution in [2.75, 3.05) is 32.8 Å². The second-order valence-corrected chi connectivity index (χ2v) is 9.72. The van der Waals surface area contributed by atoms with Crippen LogP contribution in [0.15, 0.2) is 53.0 Å². The molecule has 3 aromatic rings. The first kappa shape index (κ1) is 22.9. The predicted octanol–water partition coefficient (Wildman–Crippen LogP) is 1.43. The Balaban J connectivity index is 1.28. The van der Waals surface area contributed by atoms with E-state index in [0.29, 0.717) is 10.8 Å². The van der Waals surface area contributed by atoms with E-state index in [2.05, 4.69) is 15.0 Å². The van der Waals surface area contributed by atoms with E-state index in [1.54, 1.807) is 18.5 Å². The summed E-state index contributed by atoms with van der Waals surface area (Å²) in [5, 5.41) is 1.95. The van der Waals surface area contributed by atoms with Gasteiger partial charge in [0.2, 0.25) is 10.0 Å². The van der Waals surface area contributed by atoms with E-state index < -0.39 is 34.3 Å². The number of piperazine rings is 1. The molecule has 4 rings (SSSR count). The van der Waals surface area contributed by atoms with Crippen LogP contribution in [0.3, 0.4) is 0 Å². The molecule has 1 aromatic carbocycles. The first-order valence-corrected chi connectivity index (χ1v) is 12.1. The average molecular weight is 492 g/mol. The van der Waals surface area contributed by atoms with Crippen molar-refractivity contribution in [2.24, 2.45) is 0 Å². The summed E-state index contributed by atoms with van der Waals surface area (Å²) in [5.74, 6) is -1.34. The van der Waals surface area contributed by atoms with Crippen LogP contribution in [0.1, 0.15) is 10.5 Å². The van der Waals surface area contributed by atoms with Crippen LogP contribution in [0, 0.1) is 5.82 Å². The molecule has 0 aliphatic carbocycles. The summed E-state index contributed by atoms with van der Waals surface area (Å²) in [6.45, 7) is -0.0535. The van der Waals surface area contributed by atoms with Gasteiger partial charge in [0.05, 0.1) is 4.90 Å². The van der Waals surface area contributed by atoms with Crippen LogP contribution in [-0.4, -0.2) is 77.2 Å². The summed E-state index contributed by atoms with van der Waals surface area (Å²) in [6.07, 6.45) is 3.12. The van der Waals surface area contributed by atoms with Gasteiger partial charge in [-0.15, -0.1) is 11.3 Å². The fourth-order valence-corrected chi connectivity index (χ4v) is 5.26. The number of halogens is 1. The molecule has 1 aliphatic heterocycles. The number of amides is 1. The molecule has 0 spiro atoms. The molecule has 1 aliphatic rings. The Kier molecular flexibility index (Phi) is 6.72. The summed E-state index contributed by atoms with van der Waals surface area (Å²) in [6, 6.07) is 6.24. The summed E-state index contributed by atoms with van der Waals surface area (Å²) in [7, 11) is -3.78. The Hall–Kier alpha value is -3.29. The second kappa shape index (κ2) is 9.68. The van der Waals surface area contributed by atoms with Gasteiger partial charge in [0, 0.05) is 44.0 Å². The molecule has 1 fully saturated rings. The summed E-state index contributed by atoms with van der Waals surface area (Å²) in [5.41, 5.74) is 0.0467. The van der Waals surface area contributed by atoms with E-state index in [1.165, 1.54) is 38.1 Å². The second-order valence-electron chi connectivity index (χ2n) is 6.93. The van der Waals surface area contributed by atoms with Crippen molar-refractivity contribution in [3.8, 4) is 10.8 Å². The van der Waals surface area contributed by atoms with Crippen LogP contribution in [0.25, 0.3) is 10.8 Å². The van der Waals surface area contributed by atoms with E-state index in [9.17, 15) is 22.4 Å². The summed E-state index contributed by atoms with van der Waals surface area (Å²) >= 11 is 1.18. The maximum atomic E-state index is 13.1. The number of ether oxygens (including phenoxy) is 1. The minimum atomic E-state index is -3.78. The van der Waals surface area contributed by atoms with Gasteiger partial charge in [0.15, 0.2) is 23.1 Å². The lowest BCUT2D eigenvalue weighted by Crippen LogP contribution is -2.51. The number of carbonyl (C=O) groups excluding carboxylic acids is 2. The molecule has 10 nitrogen and oxygen atoms in total. The van der Waals surface area contributed by atoms with Gasteiger partial charge in [-0.1, -0.05) is 0 Å². The van der Waals surface area contributed by atoms with Crippen LogP contribution in [0.5, 0.6) is 0 Å². The molecular weight excluding hydrogens is 473 g/mol. The molecule has 0 unspecified atom stereocenters. The molecule has 0 bridgehead atoms. The van der Waals surface area contributed by atoms with Crippen molar-refractivity contribution in [3.05, 3.63) is 59.6 Å². The normalized spacial score (nSPS) is 14.8. The zero-order valence-electron chi connectivity index (χ0n) is 17.1. The maximum absolute atomic E-state index is 13.1. The highest BCUT2D eigenvalue weighted by Gasteiger charge is 2.30. The average Bonchev–Trinajstić information content (AvgIpc) is 3.34. The lowest BCUT2D eigenvalue weighted by Gasteiger charge is -2.33. The first-order valence-electron chi connectivity index (χ1n) is 9.78. The van der Waals surface area contributed by atoms with Gasteiger partial charge in [0.25, 0.3) is 5.91 Å². The zero-order chi connectivity index (χ0) is 23.4. The van der Waals surface area contributed by atoms with Gasteiger partial charge in [0.1, 0.15) is 5.82 Å². The van der Waals surface area contributed by atoms with Gasteiger partial charge in [-0.2, -0.15) is 4.31 Å². The predicted molar refractivity (Wildman–Crippen MR) is 115 cm³/mol. The Morgan fingerprint density at radius 1 is 1.06 bits per heavy atom. The number of aromatic nitrogens is 3. The zero-order valence-corrected chi connectivity index (χ0v) is 18.8. The monoisotopic (exact) mass is 491 g/mol. The highest BCUT2D eigenvalue weighted by atomic mass is 32.2. The lowest BCUT2D eigenvalue weighted by atomic mass is 10.3. The van der Waals surface area contributed by atoms with Crippen molar-refractivity contribution in [1.29, 1.82) is 0 Å². The molecule has 2 aromatic heterocycles. The Morgan fingerprint density at radius 2 is 1.73 bits per heavy atom. The summed E-state index contributed by atoms with van der Waals surface area (Å²) in [4.78, 5) is 38.3. The number of rotatable bonds is 6. The van der Waals surface area contributed by atoms with E-state index in [1.807, 2.05) is 0 Å². The molecule has 0 radical (unpaired) electrons. The van der Waals surface area contributed by atoms with Gasteiger partial charge in [-0.05, 0) is 30.3 Å². The van der Waals surface area contributed by atoms with E-state index in [0.717, 1.165) is 12.1 Å². The largest absolute Gasteiger partial charge is 0.451 e. The molecule has 33 heavy (non-hydrogen) atoms.